The summed E-state index contributed by atoms with van der Waals surface area (Å²) in [7, 11) is 0. The molecule has 3 rings (SSSR count). The van der Waals surface area contributed by atoms with Crippen LogP contribution in [0.15, 0.2) is 30.3 Å². The predicted octanol–water partition coefficient (Wildman–Crippen LogP) is 2.49. The zero-order chi connectivity index (χ0) is 16.1. The molecule has 1 aliphatic heterocycles. The first kappa shape index (κ1) is 16.5. The Kier molecular flexibility index (Phi) is 5.68. The fraction of sp³-hybridized carbons (Fsp3) is 0.632. The van der Waals surface area contributed by atoms with Gasteiger partial charge in [0.25, 0.3) is 0 Å². The molecule has 126 valence electrons. The van der Waals surface area contributed by atoms with Crippen molar-refractivity contribution in [2.24, 2.45) is 5.92 Å². The molecule has 4 heteroatoms. The molecule has 1 aliphatic carbocycles. The van der Waals surface area contributed by atoms with Crippen LogP contribution in [0.1, 0.15) is 50.1 Å². The van der Waals surface area contributed by atoms with Gasteiger partial charge in [-0.05, 0) is 37.2 Å². The number of nitrogens with one attached hydrogen (secondary N) is 1. The Hall–Kier alpha value is -1.39. The summed E-state index contributed by atoms with van der Waals surface area (Å²) in [6.45, 7) is 2.07. The lowest BCUT2D eigenvalue weighted by atomic mass is 9.91. The van der Waals surface area contributed by atoms with Crippen LogP contribution in [0.5, 0.6) is 0 Å². The molecule has 2 fully saturated rings. The zero-order valence-electron chi connectivity index (χ0n) is 13.8. The van der Waals surface area contributed by atoms with Gasteiger partial charge in [0.05, 0.1) is 18.7 Å². The molecule has 1 heterocycles. The van der Waals surface area contributed by atoms with E-state index in [1.807, 2.05) is 6.07 Å². The number of carbonyl (C=O) groups is 1. The number of nitrogens with zero attached hydrogens (tertiary/aromatic N) is 1. The van der Waals surface area contributed by atoms with Gasteiger partial charge in [0, 0.05) is 13.1 Å². The van der Waals surface area contributed by atoms with Crippen LogP contribution in [0, 0.1) is 5.92 Å². The Morgan fingerprint density at radius 2 is 1.78 bits per heavy atom. The minimum atomic E-state index is -0.190. The van der Waals surface area contributed by atoms with Crippen LogP contribution >= 0.6 is 0 Å². The van der Waals surface area contributed by atoms with E-state index in [4.69, 9.17) is 0 Å². The Bertz CT molecular complexity index is 491. The standard InChI is InChI=1S/C19H28N2O2/c22-17-10-12-21(13-11-17)14-18(23)20-19(16-8-4-5-9-16)15-6-2-1-3-7-15/h1-3,6-7,16-17,19,22H,4-5,8-14H2,(H,20,23). The fourth-order valence-electron chi connectivity index (χ4n) is 3.92. The van der Waals surface area contributed by atoms with Crippen molar-refractivity contribution >= 4 is 5.91 Å². The molecule has 1 atom stereocenters. The fourth-order valence-corrected chi connectivity index (χ4v) is 3.92. The maximum atomic E-state index is 12.5. The average molecular weight is 316 g/mol. The minimum Gasteiger partial charge on any atom is -0.393 e. The average Bonchev–Trinajstić information content (AvgIpc) is 3.10. The number of amides is 1. The van der Waals surface area contributed by atoms with Gasteiger partial charge >= 0.3 is 0 Å². The molecule has 1 saturated heterocycles. The summed E-state index contributed by atoms with van der Waals surface area (Å²) in [6, 6.07) is 10.5. The van der Waals surface area contributed by atoms with Crippen molar-refractivity contribution < 1.29 is 9.90 Å². The third kappa shape index (κ3) is 4.55. The van der Waals surface area contributed by atoms with Gasteiger partial charge in [-0.3, -0.25) is 9.69 Å². The number of rotatable bonds is 5. The molecule has 1 aromatic rings. The lowest BCUT2D eigenvalue weighted by molar-refractivity contribution is -0.124. The molecule has 2 aliphatic rings. The normalized spacial score (nSPS) is 22.1. The number of hydrogen-bond donors (Lipinski definition) is 2. The van der Waals surface area contributed by atoms with E-state index >= 15 is 0 Å². The van der Waals surface area contributed by atoms with E-state index in [1.165, 1.54) is 31.2 Å². The molecule has 2 N–H and O–H groups in total. The number of benzene rings is 1. The maximum Gasteiger partial charge on any atom is 0.234 e. The molecule has 1 amide bonds. The summed E-state index contributed by atoms with van der Waals surface area (Å²) >= 11 is 0. The second-order valence-corrected chi connectivity index (χ2v) is 7.01. The largest absolute Gasteiger partial charge is 0.393 e. The molecule has 0 spiro atoms. The van der Waals surface area contributed by atoms with Gasteiger partial charge in [0.15, 0.2) is 0 Å². The van der Waals surface area contributed by atoms with Crippen molar-refractivity contribution in [3.05, 3.63) is 35.9 Å². The van der Waals surface area contributed by atoms with Gasteiger partial charge in [-0.2, -0.15) is 0 Å². The number of carbonyl (C=O) groups excluding carboxylic acids is 1. The van der Waals surface area contributed by atoms with E-state index in [0.29, 0.717) is 12.5 Å². The predicted molar refractivity (Wildman–Crippen MR) is 91.0 cm³/mol. The summed E-state index contributed by atoms with van der Waals surface area (Å²) in [5.41, 5.74) is 1.22. The quantitative estimate of drug-likeness (QED) is 0.877. The van der Waals surface area contributed by atoms with Gasteiger partial charge < -0.3 is 10.4 Å². The summed E-state index contributed by atoms with van der Waals surface area (Å²) in [5.74, 6) is 0.673. The lowest BCUT2D eigenvalue weighted by Gasteiger charge is -2.30. The van der Waals surface area contributed by atoms with E-state index in [-0.39, 0.29) is 18.1 Å². The van der Waals surface area contributed by atoms with E-state index < -0.39 is 0 Å². The maximum absolute atomic E-state index is 12.5. The highest BCUT2D eigenvalue weighted by Crippen LogP contribution is 2.35. The zero-order valence-corrected chi connectivity index (χ0v) is 13.8. The number of piperidine rings is 1. The molecule has 4 nitrogen and oxygen atoms in total. The third-order valence-electron chi connectivity index (χ3n) is 5.27. The number of aliphatic hydroxyl groups excluding tert-OH is 1. The SMILES string of the molecule is O=C(CN1CCC(O)CC1)NC(c1ccccc1)C1CCCC1. The first-order valence-electron chi connectivity index (χ1n) is 8.97. The van der Waals surface area contributed by atoms with Gasteiger partial charge in [-0.25, -0.2) is 0 Å². The monoisotopic (exact) mass is 316 g/mol. The van der Waals surface area contributed by atoms with Crippen LogP contribution in [0.2, 0.25) is 0 Å². The van der Waals surface area contributed by atoms with Crippen molar-refractivity contribution in [2.75, 3.05) is 19.6 Å². The second kappa shape index (κ2) is 7.93. The van der Waals surface area contributed by atoms with Crippen molar-refractivity contribution in [2.45, 2.75) is 50.7 Å². The number of aliphatic hydroxyl groups is 1. The molecule has 0 bridgehead atoms. The van der Waals surface area contributed by atoms with Crippen LogP contribution < -0.4 is 5.32 Å². The lowest BCUT2D eigenvalue weighted by Crippen LogP contribution is -2.44. The van der Waals surface area contributed by atoms with Crippen LogP contribution in [0.3, 0.4) is 0 Å². The van der Waals surface area contributed by atoms with Crippen molar-refractivity contribution in [1.29, 1.82) is 0 Å². The first-order valence-corrected chi connectivity index (χ1v) is 8.97. The smallest absolute Gasteiger partial charge is 0.234 e. The van der Waals surface area contributed by atoms with Crippen LogP contribution in [0.25, 0.3) is 0 Å². The van der Waals surface area contributed by atoms with Crippen LogP contribution in [-0.2, 0) is 4.79 Å². The van der Waals surface area contributed by atoms with Crippen LogP contribution in [-0.4, -0.2) is 41.7 Å². The highest BCUT2D eigenvalue weighted by molar-refractivity contribution is 5.78. The van der Waals surface area contributed by atoms with E-state index in [2.05, 4.69) is 34.5 Å². The van der Waals surface area contributed by atoms with Gasteiger partial charge in [0.1, 0.15) is 0 Å². The Morgan fingerprint density at radius 1 is 1.13 bits per heavy atom. The number of likely N-dealkylation sites (tertiary alicyclic amines) is 1. The van der Waals surface area contributed by atoms with Crippen molar-refractivity contribution in [3.8, 4) is 0 Å². The molecule has 1 saturated carbocycles. The molecular weight excluding hydrogens is 288 g/mol. The summed E-state index contributed by atoms with van der Waals surface area (Å²) < 4.78 is 0. The molecule has 1 unspecified atom stereocenters. The minimum absolute atomic E-state index is 0.113. The highest BCUT2D eigenvalue weighted by Gasteiger charge is 2.28. The Labute approximate surface area is 138 Å². The molecule has 0 radical (unpaired) electrons. The third-order valence-corrected chi connectivity index (χ3v) is 5.27. The van der Waals surface area contributed by atoms with E-state index in [1.54, 1.807) is 0 Å². The molecule has 1 aromatic carbocycles. The first-order chi connectivity index (χ1) is 11.2. The van der Waals surface area contributed by atoms with E-state index in [0.717, 1.165) is 25.9 Å². The summed E-state index contributed by atoms with van der Waals surface area (Å²) in [4.78, 5) is 14.7. The van der Waals surface area contributed by atoms with Crippen molar-refractivity contribution in [3.63, 3.8) is 0 Å². The highest BCUT2D eigenvalue weighted by atomic mass is 16.3. The van der Waals surface area contributed by atoms with Crippen LogP contribution in [0.4, 0.5) is 0 Å². The van der Waals surface area contributed by atoms with Crippen molar-refractivity contribution in [1.82, 2.24) is 10.2 Å². The second-order valence-electron chi connectivity index (χ2n) is 7.01. The van der Waals surface area contributed by atoms with E-state index in [9.17, 15) is 9.90 Å². The number of hydrogen-bond acceptors (Lipinski definition) is 3. The molecular formula is C19H28N2O2. The molecule has 23 heavy (non-hydrogen) atoms. The Balaban J connectivity index is 1.60. The van der Waals surface area contributed by atoms with Gasteiger partial charge in [-0.1, -0.05) is 43.2 Å². The summed E-state index contributed by atoms with van der Waals surface area (Å²) in [6.07, 6.45) is 6.31. The van der Waals surface area contributed by atoms with Gasteiger partial charge in [0.2, 0.25) is 5.91 Å². The summed E-state index contributed by atoms with van der Waals surface area (Å²) in [5, 5.41) is 12.9. The Morgan fingerprint density at radius 3 is 2.43 bits per heavy atom. The van der Waals surface area contributed by atoms with Gasteiger partial charge in [-0.15, -0.1) is 0 Å². The topological polar surface area (TPSA) is 52.6 Å². The molecule has 0 aromatic heterocycles.